The van der Waals surface area contributed by atoms with Crippen LogP contribution in [0, 0.1) is 0 Å². The first-order valence-corrected chi connectivity index (χ1v) is 11.5. The van der Waals surface area contributed by atoms with Crippen LogP contribution in [0.3, 0.4) is 0 Å². The Bertz CT molecular complexity index is 1230. The summed E-state index contributed by atoms with van der Waals surface area (Å²) in [7, 11) is 0. The molecule has 0 aliphatic carbocycles. The van der Waals surface area contributed by atoms with Crippen molar-refractivity contribution in [1.82, 2.24) is 14.9 Å². The number of piperidine rings is 1. The van der Waals surface area contributed by atoms with E-state index in [1.54, 1.807) is 0 Å². The first-order chi connectivity index (χ1) is 15.2. The number of hydrogen-bond donors (Lipinski definition) is 1. The van der Waals surface area contributed by atoms with Gasteiger partial charge >= 0.3 is 0 Å². The highest BCUT2D eigenvalue weighted by molar-refractivity contribution is 5.91. The van der Waals surface area contributed by atoms with Crippen LogP contribution in [0.1, 0.15) is 44.6 Å². The molecule has 4 nitrogen and oxygen atoms in total. The third kappa shape index (κ3) is 3.95. The number of carbonyl (C=O) groups is 1. The van der Waals surface area contributed by atoms with Gasteiger partial charge in [-0.2, -0.15) is 0 Å². The van der Waals surface area contributed by atoms with Crippen LogP contribution < -0.4 is 0 Å². The number of para-hydroxylation sites is 2. The van der Waals surface area contributed by atoms with Gasteiger partial charge in [0.15, 0.2) is 0 Å². The molecular weight excluding hydrogens is 382 g/mol. The summed E-state index contributed by atoms with van der Waals surface area (Å²) in [5.41, 5.74) is 5.42. The number of benzene rings is 2. The smallest absolute Gasteiger partial charge is 0.222 e. The minimum absolute atomic E-state index is 0.303. The Balaban J connectivity index is 1.41. The lowest BCUT2D eigenvalue weighted by atomic mass is 10.00. The van der Waals surface area contributed by atoms with E-state index in [9.17, 15) is 4.79 Å². The number of nitrogens with one attached hydrogen (secondary N) is 1. The van der Waals surface area contributed by atoms with Crippen molar-refractivity contribution in [3.63, 3.8) is 0 Å². The zero-order chi connectivity index (χ0) is 21.2. The van der Waals surface area contributed by atoms with Gasteiger partial charge in [0, 0.05) is 35.3 Å². The van der Waals surface area contributed by atoms with Gasteiger partial charge in [0.25, 0.3) is 0 Å². The summed E-state index contributed by atoms with van der Waals surface area (Å²) < 4.78 is 0. The number of fused-ring (bicyclic) bond motifs is 2. The number of H-pyrrole nitrogens is 1. The van der Waals surface area contributed by atoms with Gasteiger partial charge in [-0.15, -0.1) is 0 Å². The molecule has 31 heavy (non-hydrogen) atoms. The van der Waals surface area contributed by atoms with Crippen LogP contribution in [-0.2, 0) is 11.2 Å². The van der Waals surface area contributed by atoms with Crippen LogP contribution in [0.5, 0.6) is 0 Å². The topological polar surface area (TPSA) is 49.0 Å². The summed E-state index contributed by atoms with van der Waals surface area (Å²) in [5, 5.41) is 2.37. The van der Waals surface area contributed by atoms with Crippen LogP contribution >= 0.6 is 0 Å². The molecule has 1 aliphatic rings. The largest absolute Gasteiger partial charge is 0.353 e. The number of aromatic amines is 1. The second-order valence-corrected chi connectivity index (χ2v) is 8.70. The van der Waals surface area contributed by atoms with Crippen LogP contribution in [0.15, 0.2) is 60.7 Å². The number of aromatic nitrogens is 2. The minimum Gasteiger partial charge on any atom is -0.353 e. The lowest BCUT2D eigenvalue weighted by Gasteiger charge is -2.33. The molecular formula is C27H29N3O. The van der Waals surface area contributed by atoms with Gasteiger partial charge in [-0.05, 0) is 62.8 Å². The van der Waals surface area contributed by atoms with Crippen LogP contribution in [0.4, 0.5) is 0 Å². The molecule has 1 N–H and O–H groups in total. The van der Waals surface area contributed by atoms with E-state index in [-0.39, 0.29) is 0 Å². The molecule has 1 aliphatic heterocycles. The third-order valence-corrected chi connectivity index (χ3v) is 6.61. The molecule has 3 heterocycles. The summed E-state index contributed by atoms with van der Waals surface area (Å²) >= 11 is 0. The number of nitrogens with zero attached hydrogens (tertiary/aromatic N) is 2. The average molecular weight is 412 g/mol. The van der Waals surface area contributed by atoms with E-state index >= 15 is 0 Å². The zero-order valence-corrected chi connectivity index (χ0v) is 18.1. The summed E-state index contributed by atoms with van der Waals surface area (Å²) in [6.45, 7) is 3.10. The quantitative estimate of drug-likeness (QED) is 0.431. The number of aryl methyl sites for hydroxylation is 1. The van der Waals surface area contributed by atoms with Crippen molar-refractivity contribution in [3.05, 3.63) is 66.2 Å². The van der Waals surface area contributed by atoms with E-state index in [1.807, 2.05) is 12.1 Å². The zero-order valence-electron chi connectivity index (χ0n) is 18.1. The van der Waals surface area contributed by atoms with Gasteiger partial charge in [-0.1, -0.05) is 42.5 Å². The van der Waals surface area contributed by atoms with Gasteiger partial charge in [0.2, 0.25) is 5.91 Å². The van der Waals surface area contributed by atoms with Gasteiger partial charge in [-0.25, -0.2) is 4.98 Å². The lowest BCUT2D eigenvalue weighted by Crippen LogP contribution is -2.41. The maximum absolute atomic E-state index is 12.8. The van der Waals surface area contributed by atoms with E-state index in [0.29, 0.717) is 18.4 Å². The maximum Gasteiger partial charge on any atom is 0.222 e. The summed E-state index contributed by atoms with van der Waals surface area (Å²) in [6, 6.07) is 21.2. The van der Waals surface area contributed by atoms with Crippen molar-refractivity contribution in [2.75, 3.05) is 6.54 Å². The Morgan fingerprint density at radius 3 is 2.81 bits per heavy atom. The van der Waals surface area contributed by atoms with E-state index in [4.69, 9.17) is 4.98 Å². The molecule has 0 saturated carbocycles. The molecule has 0 radical (unpaired) electrons. The van der Waals surface area contributed by atoms with Crippen molar-refractivity contribution in [3.8, 4) is 11.4 Å². The first-order valence-electron chi connectivity index (χ1n) is 11.5. The number of rotatable bonds is 5. The average Bonchev–Trinajstić information content (AvgIpc) is 3.17. The fourth-order valence-corrected chi connectivity index (χ4v) is 4.91. The molecule has 158 valence electrons. The summed E-state index contributed by atoms with van der Waals surface area (Å²) in [5.74, 6) is 0.303. The van der Waals surface area contributed by atoms with Crippen molar-refractivity contribution in [2.45, 2.75) is 51.5 Å². The van der Waals surface area contributed by atoms with E-state index in [1.165, 1.54) is 17.4 Å². The highest BCUT2D eigenvalue weighted by Crippen LogP contribution is 2.32. The van der Waals surface area contributed by atoms with Gasteiger partial charge in [-0.3, -0.25) is 4.79 Å². The number of hydrogen-bond acceptors (Lipinski definition) is 2. The fraction of sp³-hybridized carbons (Fsp3) is 0.333. The van der Waals surface area contributed by atoms with Crippen LogP contribution in [-0.4, -0.2) is 33.4 Å². The Morgan fingerprint density at radius 2 is 1.90 bits per heavy atom. The maximum atomic E-state index is 12.8. The van der Waals surface area contributed by atoms with Crippen molar-refractivity contribution in [2.24, 2.45) is 0 Å². The second-order valence-electron chi connectivity index (χ2n) is 8.70. The van der Waals surface area contributed by atoms with Crippen molar-refractivity contribution < 1.29 is 4.79 Å². The van der Waals surface area contributed by atoms with Crippen LogP contribution in [0.25, 0.3) is 33.2 Å². The number of likely N-dealkylation sites (tertiary alicyclic amines) is 1. The van der Waals surface area contributed by atoms with Crippen molar-refractivity contribution >= 4 is 27.7 Å². The highest BCUT2D eigenvalue weighted by atomic mass is 16.2. The van der Waals surface area contributed by atoms with Gasteiger partial charge in [0.1, 0.15) is 0 Å². The molecule has 2 aromatic carbocycles. The molecule has 0 bridgehead atoms. The van der Waals surface area contributed by atoms with Gasteiger partial charge < -0.3 is 9.88 Å². The standard InChI is InChI=1S/C27H29N3O/c1-19-9-6-7-18-30(19)26(31)15-8-12-22-21-11-3-5-14-24(21)29-27(22)25-17-16-20-10-2-4-13-23(20)28-25/h2-5,10-11,13-14,16-17,19,29H,6-9,12,15,18H2,1H3. The van der Waals surface area contributed by atoms with E-state index in [0.717, 1.165) is 60.0 Å². The summed E-state index contributed by atoms with van der Waals surface area (Å²) in [6.07, 6.45) is 5.82. The van der Waals surface area contributed by atoms with E-state index in [2.05, 4.69) is 65.3 Å². The molecule has 1 unspecified atom stereocenters. The summed E-state index contributed by atoms with van der Waals surface area (Å²) in [4.78, 5) is 23.4. The molecule has 1 amide bonds. The number of amides is 1. The Labute approximate surface area is 183 Å². The third-order valence-electron chi connectivity index (χ3n) is 6.61. The predicted molar refractivity (Wildman–Crippen MR) is 127 cm³/mol. The molecule has 1 fully saturated rings. The monoisotopic (exact) mass is 411 g/mol. The number of carbonyl (C=O) groups excluding carboxylic acids is 1. The normalized spacial score (nSPS) is 16.8. The molecule has 4 aromatic rings. The molecule has 1 atom stereocenters. The minimum atomic E-state index is 0.303. The lowest BCUT2D eigenvalue weighted by molar-refractivity contribution is -0.134. The van der Waals surface area contributed by atoms with E-state index < -0.39 is 0 Å². The van der Waals surface area contributed by atoms with Crippen LogP contribution in [0.2, 0.25) is 0 Å². The predicted octanol–water partition coefficient (Wildman–Crippen LogP) is 6.11. The number of pyridine rings is 1. The first kappa shape index (κ1) is 19.8. The molecule has 2 aromatic heterocycles. The SMILES string of the molecule is CC1CCCCN1C(=O)CCCc1c(-c2ccc3ccccc3n2)[nH]c2ccccc12. The molecule has 0 spiro atoms. The molecule has 4 heteroatoms. The van der Waals surface area contributed by atoms with Gasteiger partial charge in [0.05, 0.1) is 16.9 Å². The molecule has 5 rings (SSSR count). The highest BCUT2D eigenvalue weighted by Gasteiger charge is 2.23. The Hall–Kier alpha value is -3.14. The molecule has 1 saturated heterocycles. The Morgan fingerprint density at radius 1 is 1.06 bits per heavy atom. The van der Waals surface area contributed by atoms with Crippen molar-refractivity contribution in [1.29, 1.82) is 0 Å². The fourth-order valence-electron chi connectivity index (χ4n) is 4.91. The second kappa shape index (κ2) is 8.54. The Kier molecular flexibility index (Phi) is 5.46.